The van der Waals surface area contributed by atoms with Crippen LogP contribution in [0.15, 0.2) is 12.4 Å². The van der Waals surface area contributed by atoms with E-state index in [9.17, 15) is 4.79 Å². The fraction of sp³-hybridized carbons (Fsp3) is 0.375. The van der Waals surface area contributed by atoms with Gasteiger partial charge in [-0.3, -0.25) is 9.69 Å². The molecule has 0 spiro atoms. The van der Waals surface area contributed by atoms with Gasteiger partial charge in [-0.2, -0.15) is 0 Å². The average Bonchev–Trinajstić information content (AvgIpc) is 2.58. The van der Waals surface area contributed by atoms with Crippen molar-refractivity contribution in [2.45, 2.75) is 11.2 Å². The van der Waals surface area contributed by atoms with Crippen LogP contribution in [0.2, 0.25) is 0 Å². The van der Waals surface area contributed by atoms with Gasteiger partial charge in [-0.25, -0.2) is 9.97 Å². The van der Waals surface area contributed by atoms with Gasteiger partial charge in [-0.05, 0) is 0 Å². The van der Waals surface area contributed by atoms with Crippen molar-refractivity contribution >= 4 is 40.4 Å². The van der Waals surface area contributed by atoms with E-state index in [2.05, 4.69) is 25.9 Å². The summed E-state index contributed by atoms with van der Waals surface area (Å²) in [5.74, 6) is 0.246. The van der Waals surface area contributed by atoms with E-state index in [4.69, 9.17) is 10.0 Å². The van der Waals surface area contributed by atoms with E-state index in [1.165, 1.54) is 17.3 Å². The predicted molar refractivity (Wildman–Crippen MR) is 61.5 cm³/mol. The molecule has 0 saturated carbocycles. The zero-order chi connectivity index (χ0) is 11.7. The summed E-state index contributed by atoms with van der Waals surface area (Å²) in [7, 11) is -1.59. The van der Waals surface area contributed by atoms with Crippen molar-refractivity contribution in [1.82, 2.24) is 9.97 Å². The first-order valence-electron chi connectivity index (χ1n) is 4.70. The second-order valence-corrected chi connectivity index (χ2v) is 4.79. The first-order valence-corrected chi connectivity index (χ1v) is 5.62. The molecule has 8 heteroatoms. The molecule has 1 aliphatic heterocycles. The van der Waals surface area contributed by atoms with E-state index >= 15 is 0 Å². The summed E-state index contributed by atoms with van der Waals surface area (Å²) in [4.78, 5) is 20.9. The minimum atomic E-state index is -1.59. The van der Waals surface area contributed by atoms with Gasteiger partial charge in [0.15, 0.2) is 0 Å². The number of hydrogen-bond donors (Lipinski definition) is 2. The van der Waals surface area contributed by atoms with Gasteiger partial charge in [-0.1, -0.05) is 15.9 Å². The Bertz CT molecular complexity index is 400. The van der Waals surface area contributed by atoms with Crippen LogP contribution in [-0.4, -0.2) is 44.4 Å². The number of alkyl halides is 1. The van der Waals surface area contributed by atoms with Crippen molar-refractivity contribution < 1.29 is 14.8 Å². The number of amides is 1. The first-order chi connectivity index (χ1) is 7.58. The second kappa shape index (κ2) is 4.48. The van der Waals surface area contributed by atoms with Gasteiger partial charge >= 0.3 is 7.12 Å². The maximum atomic E-state index is 11.5. The van der Waals surface area contributed by atoms with Crippen LogP contribution in [0.4, 0.5) is 5.95 Å². The second-order valence-electron chi connectivity index (χ2n) is 3.50. The molecule has 0 radical (unpaired) electrons. The third-order valence-corrected chi connectivity index (χ3v) is 2.89. The SMILES string of the molecule is O=C1CC(Br)CN1c1ncc(B(O)O)cn1. The van der Waals surface area contributed by atoms with Gasteiger partial charge < -0.3 is 10.0 Å². The van der Waals surface area contributed by atoms with Gasteiger partial charge in [0.25, 0.3) is 0 Å². The Morgan fingerprint density at radius 3 is 2.50 bits per heavy atom. The standard InChI is InChI=1S/C8H9BBrN3O3/c10-6-1-7(14)13(4-6)8-11-2-5(3-12-8)9(15)16/h2-3,6,15-16H,1,4H2. The van der Waals surface area contributed by atoms with Gasteiger partial charge in [0, 0.05) is 35.6 Å². The van der Waals surface area contributed by atoms with Crippen molar-refractivity contribution in [2.75, 3.05) is 11.4 Å². The van der Waals surface area contributed by atoms with Crippen molar-refractivity contribution in [3.05, 3.63) is 12.4 Å². The fourth-order valence-corrected chi connectivity index (χ4v) is 2.03. The smallest absolute Gasteiger partial charge is 0.423 e. The van der Waals surface area contributed by atoms with E-state index in [1.54, 1.807) is 0 Å². The molecule has 6 nitrogen and oxygen atoms in total. The van der Waals surface area contributed by atoms with Crippen LogP contribution in [0.1, 0.15) is 6.42 Å². The summed E-state index contributed by atoms with van der Waals surface area (Å²) < 4.78 is 0. The lowest BCUT2D eigenvalue weighted by molar-refractivity contribution is -0.117. The molecule has 0 aromatic carbocycles. The van der Waals surface area contributed by atoms with Gasteiger partial charge in [0.2, 0.25) is 11.9 Å². The van der Waals surface area contributed by atoms with Crippen LogP contribution >= 0.6 is 15.9 Å². The number of hydrogen-bond acceptors (Lipinski definition) is 5. The fourth-order valence-electron chi connectivity index (χ4n) is 1.46. The molecule has 16 heavy (non-hydrogen) atoms. The van der Waals surface area contributed by atoms with Crippen molar-refractivity contribution in [3.63, 3.8) is 0 Å². The van der Waals surface area contributed by atoms with Crippen LogP contribution in [0.3, 0.4) is 0 Å². The summed E-state index contributed by atoms with van der Waals surface area (Å²) in [5, 5.41) is 17.7. The monoisotopic (exact) mass is 285 g/mol. The Hall–Kier alpha value is -0.985. The topological polar surface area (TPSA) is 86.6 Å². The quantitative estimate of drug-likeness (QED) is 0.519. The minimum absolute atomic E-state index is 0.0424. The summed E-state index contributed by atoms with van der Waals surface area (Å²) >= 11 is 3.36. The minimum Gasteiger partial charge on any atom is -0.423 e. The Balaban J connectivity index is 2.19. The third kappa shape index (κ3) is 2.23. The third-order valence-electron chi connectivity index (χ3n) is 2.28. The highest BCUT2D eigenvalue weighted by molar-refractivity contribution is 9.09. The van der Waals surface area contributed by atoms with Crippen LogP contribution in [0.25, 0.3) is 0 Å². The number of carbonyl (C=O) groups excluding carboxylic acids is 1. The summed E-state index contributed by atoms with van der Waals surface area (Å²) in [6.45, 7) is 0.528. The molecule has 1 fully saturated rings. The molecule has 2 rings (SSSR count). The normalized spacial score (nSPS) is 20.3. The highest BCUT2D eigenvalue weighted by Gasteiger charge is 2.30. The highest BCUT2D eigenvalue weighted by atomic mass is 79.9. The molecule has 1 aliphatic rings. The van der Waals surface area contributed by atoms with Crippen LogP contribution in [0, 0.1) is 0 Å². The molecule has 0 bridgehead atoms. The molecule has 1 saturated heterocycles. The van der Waals surface area contributed by atoms with Gasteiger partial charge in [0.1, 0.15) is 0 Å². The largest absolute Gasteiger partial charge is 0.491 e. The number of nitrogens with zero attached hydrogens (tertiary/aromatic N) is 3. The Morgan fingerprint density at radius 2 is 2.06 bits per heavy atom. The van der Waals surface area contributed by atoms with Crippen molar-refractivity contribution in [1.29, 1.82) is 0 Å². The maximum Gasteiger partial charge on any atom is 0.491 e. The molecule has 0 aliphatic carbocycles. The molecule has 1 aromatic heterocycles. The molecule has 2 N–H and O–H groups in total. The predicted octanol–water partition coefficient (Wildman–Crippen LogP) is -1.34. The maximum absolute atomic E-state index is 11.5. The lowest BCUT2D eigenvalue weighted by atomic mass is 9.83. The van der Waals surface area contributed by atoms with E-state index < -0.39 is 7.12 Å². The van der Waals surface area contributed by atoms with E-state index in [0.717, 1.165) is 0 Å². The lowest BCUT2D eigenvalue weighted by Gasteiger charge is -2.13. The zero-order valence-electron chi connectivity index (χ0n) is 8.25. The molecule has 1 aromatic rings. The van der Waals surface area contributed by atoms with Crippen LogP contribution < -0.4 is 10.4 Å². The van der Waals surface area contributed by atoms with E-state index in [-0.39, 0.29) is 22.1 Å². The van der Waals surface area contributed by atoms with Gasteiger partial charge in [-0.15, -0.1) is 0 Å². The number of rotatable bonds is 2. The number of halogens is 1. The Labute approximate surface area is 101 Å². The van der Waals surface area contributed by atoms with Gasteiger partial charge in [0.05, 0.1) is 0 Å². The van der Waals surface area contributed by atoms with Crippen molar-refractivity contribution in [2.24, 2.45) is 0 Å². The number of aromatic nitrogens is 2. The highest BCUT2D eigenvalue weighted by Crippen LogP contribution is 2.21. The van der Waals surface area contributed by atoms with Crippen LogP contribution in [0.5, 0.6) is 0 Å². The summed E-state index contributed by atoms with van der Waals surface area (Å²) in [6, 6.07) is 0. The molecule has 2 heterocycles. The lowest BCUT2D eigenvalue weighted by Crippen LogP contribution is -2.33. The molecule has 84 valence electrons. The molecular formula is C8H9BBrN3O3. The Kier molecular flexibility index (Phi) is 3.22. The first kappa shape index (κ1) is 11.5. The average molecular weight is 286 g/mol. The van der Waals surface area contributed by atoms with Crippen molar-refractivity contribution in [3.8, 4) is 0 Å². The molecule has 1 amide bonds. The molecule has 1 atom stereocenters. The van der Waals surface area contributed by atoms with E-state index in [1.807, 2.05) is 0 Å². The van der Waals surface area contributed by atoms with Crippen LogP contribution in [-0.2, 0) is 4.79 Å². The molecule has 1 unspecified atom stereocenters. The number of carbonyl (C=O) groups is 1. The molecular weight excluding hydrogens is 277 g/mol. The zero-order valence-corrected chi connectivity index (χ0v) is 9.83. The van der Waals surface area contributed by atoms with E-state index in [0.29, 0.717) is 13.0 Å². The number of anilines is 1. The summed E-state index contributed by atoms with van der Waals surface area (Å²) in [6.07, 6.45) is 3.01. The Morgan fingerprint density at radius 1 is 1.44 bits per heavy atom. The summed E-state index contributed by atoms with van der Waals surface area (Å²) in [5.41, 5.74) is 0.200.